The van der Waals surface area contributed by atoms with Gasteiger partial charge in [-0.3, -0.25) is 14.8 Å². The third kappa shape index (κ3) is 4.02. The highest BCUT2D eigenvalue weighted by atomic mass is 16.1. The van der Waals surface area contributed by atoms with E-state index in [1.807, 2.05) is 49.4 Å². The van der Waals surface area contributed by atoms with Gasteiger partial charge in [-0.1, -0.05) is 30.3 Å². The summed E-state index contributed by atoms with van der Waals surface area (Å²) in [6, 6.07) is 13.6. The fourth-order valence-electron chi connectivity index (χ4n) is 3.71. The van der Waals surface area contributed by atoms with Gasteiger partial charge in [-0.25, -0.2) is 14.6 Å². The van der Waals surface area contributed by atoms with Crippen LogP contribution in [0.25, 0.3) is 5.95 Å². The van der Waals surface area contributed by atoms with Crippen LogP contribution in [-0.2, 0) is 17.8 Å². The van der Waals surface area contributed by atoms with E-state index in [2.05, 4.69) is 30.4 Å². The van der Waals surface area contributed by atoms with Gasteiger partial charge in [-0.2, -0.15) is 5.10 Å². The molecule has 3 aromatic heterocycles. The number of nitrogens with zero attached hydrogens (tertiary/aromatic N) is 6. The van der Waals surface area contributed by atoms with Crippen LogP contribution < -0.4 is 5.32 Å². The van der Waals surface area contributed by atoms with E-state index < -0.39 is 0 Å². The molecule has 0 saturated carbocycles. The molecular formula is C24H21N7O. The van der Waals surface area contributed by atoms with Gasteiger partial charge in [0.15, 0.2) is 0 Å². The summed E-state index contributed by atoms with van der Waals surface area (Å²) in [6.07, 6.45) is 8.96. The van der Waals surface area contributed by atoms with Gasteiger partial charge in [-0.05, 0) is 30.2 Å². The average Bonchev–Trinajstić information content (AvgIpc) is 3.50. The van der Waals surface area contributed by atoms with E-state index in [9.17, 15) is 4.79 Å². The predicted molar refractivity (Wildman–Crippen MR) is 119 cm³/mol. The van der Waals surface area contributed by atoms with Crippen LogP contribution in [0.2, 0.25) is 0 Å². The molecule has 0 bridgehead atoms. The van der Waals surface area contributed by atoms with E-state index in [4.69, 9.17) is 0 Å². The van der Waals surface area contributed by atoms with E-state index in [0.29, 0.717) is 12.5 Å². The number of pyridine rings is 1. The van der Waals surface area contributed by atoms with Crippen molar-refractivity contribution in [2.24, 2.45) is 4.99 Å². The number of fused-ring (bicyclic) bond motifs is 1. The van der Waals surface area contributed by atoms with Crippen LogP contribution in [0.15, 0.2) is 78.4 Å². The molecule has 1 N–H and O–H groups in total. The van der Waals surface area contributed by atoms with Crippen LogP contribution in [0.5, 0.6) is 0 Å². The zero-order valence-electron chi connectivity index (χ0n) is 17.5. The van der Waals surface area contributed by atoms with Crippen molar-refractivity contribution < 1.29 is 4.79 Å². The Morgan fingerprint density at radius 2 is 1.91 bits per heavy atom. The molecule has 1 aliphatic heterocycles. The van der Waals surface area contributed by atoms with E-state index in [0.717, 1.165) is 33.7 Å². The monoisotopic (exact) mass is 423 g/mol. The van der Waals surface area contributed by atoms with Gasteiger partial charge in [0.1, 0.15) is 0 Å². The first-order valence-corrected chi connectivity index (χ1v) is 10.4. The number of nitrogens with one attached hydrogen (secondary N) is 1. The molecule has 1 aliphatic rings. The van der Waals surface area contributed by atoms with Crippen molar-refractivity contribution in [1.82, 2.24) is 30.0 Å². The Balaban J connectivity index is 1.26. The zero-order valence-corrected chi connectivity index (χ0v) is 17.5. The average molecular weight is 423 g/mol. The Labute approximate surface area is 185 Å². The van der Waals surface area contributed by atoms with Crippen molar-refractivity contribution in [3.8, 4) is 5.95 Å². The van der Waals surface area contributed by atoms with E-state index in [1.165, 1.54) is 0 Å². The van der Waals surface area contributed by atoms with Gasteiger partial charge in [0, 0.05) is 42.1 Å². The molecule has 1 amide bonds. The molecule has 1 aromatic carbocycles. The maximum absolute atomic E-state index is 12.5. The first-order valence-electron chi connectivity index (χ1n) is 10.4. The molecule has 0 fully saturated rings. The number of carbonyl (C=O) groups is 1. The van der Waals surface area contributed by atoms with Gasteiger partial charge in [0.05, 0.1) is 30.4 Å². The minimum absolute atomic E-state index is 0.0576. The van der Waals surface area contributed by atoms with Crippen molar-refractivity contribution in [2.75, 3.05) is 0 Å². The topological polar surface area (TPSA) is 98.0 Å². The summed E-state index contributed by atoms with van der Waals surface area (Å²) in [5, 5.41) is 7.17. The molecule has 0 aliphatic carbocycles. The number of amides is 1. The Kier molecular flexibility index (Phi) is 5.25. The molecule has 32 heavy (non-hydrogen) atoms. The summed E-state index contributed by atoms with van der Waals surface area (Å²) < 4.78 is 1.60. The minimum Gasteiger partial charge on any atom is -0.349 e. The van der Waals surface area contributed by atoms with Gasteiger partial charge in [-0.15, -0.1) is 0 Å². The number of hydrogen-bond acceptors (Lipinski definition) is 6. The lowest BCUT2D eigenvalue weighted by Crippen LogP contribution is -2.28. The van der Waals surface area contributed by atoms with Crippen LogP contribution in [0, 0.1) is 0 Å². The highest BCUT2D eigenvalue weighted by molar-refractivity contribution is 6.14. The lowest BCUT2D eigenvalue weighted by molar-refractivity contribution is -0.121. The highest BCUT2D eigenvalue weighted by Crippen LogP contribution is 2.23. The predicted octanol–water partition coefficient (Wildman–Crippen LogP) is 2.83. The lowest BCUT2D eigenvalue weighted by Gasteiger charge is -2.14. The molecule has 4 heterocycles. The molecule has 8 heteroatoms. The van der Waals surface area contributed by atoms with Crippen molar-refractivity contribution >= 4 is 11.6 Å². The number of hydrogen-bond donors (Lipinski definition) is 1. The summed E-state index contributed by atoms with van der Waals surface area (Å²) in [7, 11) is 0. The van der Waals surface area contributed by atoms with Crippen molar-refractivity contribution in [3.63, 3.8) is 0 Å². The molecule has 0 spiro atoms. The Morgan fingerprint density at radius 3 is 2.66 bits per heavy atom. The molecule has 0 radical (unpaired) electrons. The van der Waals surface area contributed by atoms with Gasteiger partial charge in [0.2, 0.25) is 11.9 Å². The third-order valence-corrected chi connectivity index (χ3v) is 5.35. The fraction of sp³-hybridized carbons (Fsp3) is 0.167. The Hall–Kier alpha value is -4.20. The van der Waals surface area contributed by atoms with Crippen molar-refractivity contribution in [1.29, 1.82) is 0 Å². The third-order valence-electron chi connectivity index (χ3n) is 5.35. The molecule has 4 aromatic rings. The second-order valence-electron chi connectivity index (χ2n) is 7.60. The molecule has 0 unspecified atom stereocenters. The Morgan fingerprint density at radius 1 is 1.09 bits per heavy atom. The van der Waals surface area contributed by atoms with Crippen LogP contribution in [0.4, 0.5) is 0 Å². The van der Waals surface area contributed by atoms with E-state index in [1.54, 1.807) is 35.7 Å². The second-order valence-corrected chi connectivity index (χ2v) is 7.60. The summed E-state index contributed by atoms with van der Waals surface area (Å²) in [4.78, 5) is 30.4. The van der Waals surface area contributed by atoms with Gasteiger partial charge in [0.25, 0.3) is 0 Å². The standard InChI is InChI=1S/C24H21N7O/c1-16(17-6-3-2-4-7-17)30-22(32)11-20-10-18-12-26-23(21(18)15-25-20)19-13-27-24(28-14-19)31-9-5-8-29-31/h2-10,13-16H,11-12H2,1H3,(H,30,32)/t16-/m1/s1. The fourth-order valence-corrected chi connectivity index (χ4v) is 3.71. The van der Waals surface area contributed by atoms with E-state index in [-0.39, 0.29) is 18.4 Å². The Bertz CT molecular complexity index is 1270. The smallest absolute Gasteiger partial charge is 0.250 e. The largest absolute Gasteiger partial charge is 0.349 e. The number of carbonyl (C=O) groups excluding carboxylic acids is 1. The van der Waals surface area contributed by atoms with Gasteiger partial charge < -0.3 is 5.32 Å². The zero-order chi connectivity index (χ0) is 21.9. The van der Waals surface area contributed by atoms with Crippen LogP contribution in [-0.4, -0.2) is 36.4 Å². The molecule has 0 saturated heterocycles. The minimum atomic E-state index is -0.0597. The summed E-state index contributed by atoms with van der Waals surface area (Å²) in [5.41, 5.74) is 5.43. The van der Waals surface area contributed by atoms with Crippen LogP contribution >= 0.6 is 0 Å². The SMILES string of the molecule is C[C@@H](NC(=O)Cc1cc2c(cn1)C(c1cnc(-n3cccn3)nc1)=NC2)c1ccccc1. The maximum atomic E-state index is 12.5. The van der Waals surface area contributed by atoms with E-state index >= 15 is 0 Å². The van der Waals surface area contributed by atoms with Crippen LogP contribution in [0.3, 0.4) is 0 Å². The van der Waals surface area contributed by atoms with Crippen LogP contribution in [0.1, 0.15) is 40.9 Å². The maximum Gasteiger partial charge on any atom is 0.250 e. The number of rotatable bonds is 6. The lowest BCUT2D eigenvalue weighted by atomic mass is 10.0. The molecule has 1 atom stereocenters. The number of benzene rings is 1. The summed E-state index contributed by atoms with van der Waals surface area (Å²) in [6.45, 7) is 2.52. The molecule has 8 nitrogen and oxygen atoms in total. The second kappa shape index (κ2) is 8.50. The summed E-state index contributed by atoms with van der Waals surface area (Å²) >= 11 is 0. The first kappa shape index (κ1) is 19.7. The summed E-state index contributed by atoms with van der Waals surface area (Å²) in [5.74, 6) is 0.442. The van der Waals surface area contributed by atoms with Gasteiger partial charge >= 0.3 is 0 Å². The van der Waals surface area contributed by atoms with Crippen molar-refractivity contribution in [3.05, 3.63) is 101 Å². The first-order chi connectivity index (χ1) is 15.7. The normalized spacial score (nSPS) is 13.3. The molecular weight excluding hydrogens is 402 g/mol. The molecule has 5 rings (SSSR count). The number of aromatic nitrogens is 5. The highest BCUT2D eigenvalue weighted by Gasteiger charge is 2.20. The molecule has 158 valence electrons. The number of aliphatic imine (C=N–C) groups is 1. The quantitative estimate of drug-likeness (QED) is 0.514. The van der Waals surface area contributed by atoms with Crippen molar-refractivity contribution in [2.45, 2.75) is 25.9 Å².